The highest BCUT2D eigenvalue weighted by Crippen LogP contribution is 2.56. The lowest BCUT2D eigenvalue weighted by Gasteiger charge is -2.38. The molecule has 0 aliphatic carbocycles. The van der Waals surface area contributed by atoms with Gasteiger partial charge in [-0.2, -0.15) is 0 Å². The summed E-state index contributed by atoms with van der Waals surface area (Å²) in [4.78, 5) is 4.69. The quantitative estimate of drug-likeness (QED) is 0.258. The van der Waals surface area contributed by atoms with Crippen LogP contribution in [0.2, 0.25) is 0 Å². The first-order valence-corrected chi connectivity index (χ1v) is 16.1. The summed E-state index contributed by atoms with van der Waals surface area (Å²) in [6, 6.07) is 18.3. The maximum absolute atomic E-state index is 11.6. The monoisotopic (exact) mass is 638 g/mol. The summed E-state index contributed by atoms with van der Waals surface area (Å²) in [5.41, 5.74) is 6.20. The number of phenolic OH excluding ortho intramolecular Hbond substituents is 1. The van der Waals surface area contributed by atoms with E-state index in [1.54, 1.807) is 28.4 Å². The number of rotatable bonds is 4. The van der Waals surface area contributed by atoms with Crippen molar-refractivity contribution in [1.82, 2.24) is 9.80 Å². The first-order valence-electron chi connectivity index (χ1n) is 16.1. The van der Waals surface area contributed by atoms with Crippen LogP contribution in [0.5, 0.6) is 51.7 Å². The van der Waals surface area contributed by atoms with Crippen molar-refractivity contribution in [2.75, 3.05) is 55.6 Å². The van der Waals surface area contributed by atoms with Gasteiger partial charge in [-0.3, -0.25) is 9.80 Å². The molecule has 2 atom stereocenters. The number of nitrogens with zero attached hydrogens (tertiary/aromatic N) is 2. The van der Waals surface area contributed by atoms with Crippen molar-refractivity contribution in [3.63, 3.8) is 0 Å². The van der Waals surface area contributed by atoms with Crippen molar-refractivity contribution < 1.29 is 33.5 Å². The van der Waals surface area contributed by atoms with Crippen LogP contribution in [0.4, 0.5) is 0 Å². The van der Waals surface area contributed by atoms with Crippen LogP contribution in [0.1, 0.15) is 45.5 Å². The summed E-state index contributed by atoms with van der Waals surface area (Å²) in [5, 5.41) is 11.6. The van der Waals surface area contributed by atoms with Crippen LogP contribution in [-0.2, 0) is 25.7 Å². The van der Waals surface area contributed by atoms with Gasteiger partial charge in [-0.15, -0.1) is 0 Å². The zero-order valence-electron chi connectivity index (χ0n) is 27.9. The number of hydrogen-bond donors (Lipinski definition) is 1. The van der Waals surface area contributed by atoms with Crippen LogP contribution in [0.3, 0.4) is 0 Å². The highest BCUT2D eigenvalue weighted by molar-refractivity contribution is 5.69. The molecule has 0 aromatic heterocycles. The zero-order valence-corrected chi connectivity index (χ0v) is 27.9. The molecule has 0 spiro atoms. The van der Waals surface area contributed by atoms with E-state index in [9.17, 15) is 5.11 Å². The fourth-order valence-corrected chi connectivity index (χ4v) is 7.42. The topological polar surface area (TPSA) is 82.1 Å². The molecule has 0 fully saturated rings. The number of aromatic hydroxyl groups is 1. The van der Waals surface area contributed by atoms with Crippen LogP contribution in [0.25, 0.3) is 0 Å². The number of hydrogen-bond acceptors (Lipinski definition) is 9. The summed E-state index contributed by atoms with van der Waals surface area (Å²) < 4.78 is 36.9. The SMILES string of the molecule is COc1cc2c3c(c1)Oc1c(OC)c(OC)c(O)c4c1[C@H](Cc1ccc(OC)c(c1)Oc1ccc(cc1)C[C@H]3N(C)CC2)N(C)CC4. The molecule has 8 rings (SSSR count). The second-order valence-electron chi connectivity index (χ2n) is 12.6. The standard InChI is InChI=1S/C38H42N2O7/c1-39-15-13-24-20-26(42-3)21-32-33(24)28(39)17-22-7-10-25(11-8-22)46-31-19-23(9-12-30(31)43-4)18-29-34-27(14-16-40(29)2)35(41)37(44-5)38(45-6)36(34)47-32/h7-12,19-21,28-29,41H,13-18H2,1-6H3/t28-,29+/m1/s1. The van der Waals surface area contributed by atoms with E-state index in [1.165, 1.54) is 11.1 Å². The van der Waals surface area contributed by atoms with Gasteiger partial charge in [0.25, 0.3) is 0 Å². The molecule has 9 heteroatoms. The minimum absolute atomic E-state index is 0.0384. The van der Waals surface area contributed by atoms with Gasteiger partial charge >= 0.3 is 0 Å². The molecule has 4 aromatic carbocycles. The van der Waals surface area contributed by atoms with Gasteiger partial charge in [-0.05, 0) is 86.8 Å². The van der Waals surface area contributed by atoms with Crippen molar-refractivity contribution in [2.24, 2.45) is 0 Å². The number of likely N-dealkylation sites (N-methyl/N-ethyl adjacent to an activating group) is 2. The molecular formula is C38H42N2O7. The Morgan fingerprint density at radius 3 is 2.06 bits per heavy atom. The molecule has 0 radical (unpaired) electrons. The van der Waals surface area contributed by atoms with E-state index in [0.29, 0.717) is 41.6 Å². The summed E-state index contributed by atoms with van der Waals surface area (Å²) in [6.45, 7) is 1.65. The van der Waals surface area contributed by atoms with E-state index in [4.69, 9.17) is 28.4 Å². The van der Waals surface area contributed by atoms with Gasteiger partial charge in [-0.1, -0.05) is 18.2 Å². The van der Waals surface area contributed by atoms with E-state index in [-0.39, 0.29) is 23.6 Å². The minimum atomic E-state index is -0.157. The largest absolute Gasteiger partial charge is 0.504 e. The van der Waals surface area contributed by atoms with Crippen LogP contribution < -0.4 is 28.4 Å². The molecule has 47 heavy (non-hydrogen) atoms. The fourth-order valence-electron chi connectivity index (χ4n) is 7.42. The van der Waals surface area contributed by atoms with Crippen molar-refractivity contribution in [3.8, 4) is 51.7 Å². The van der Waals surface area contributed by atoms with Crippen LogP contribution in [0.15, 0.2) is 54.6 Å². The smallest absolute Gasteiger partial charge is 0.208 e. The van der Waals surface area contributed by atoms with Gasteiger partial charge in [0.05, 0.1) is 28.4 Å². The van der Waals surface area contributed by atoms with Crippen molar-refractivity contribution in [1.29, 1.82) is 0 Å². The molecule has 0 amide bonds. The summed E-state index contributed by atoms with van der Waals surface area (Å²) >= 11 is 0. The Hall–Kier alpha value is -4.60. The second-order valence-corrected chi connectivity index (χ2v) is 12.6. The number of methoxy groups -OCH3 is 4. The minimum Gasteiger partial charge on any atom is -0.504 e. The highest BCUT2D eigenvalue weighted by Gasteiger charge is 2.38. The summed E-state index contributed by atoms with van der Waals surface area (Å²) in [6.07, 6.45) is 2.87. The first-order chi connectivity index (χ1) is 22.8. The third-order valence-electron chi connectivity index (χ3n) is 9.96. The Morgan fingerprint density at radius 2 is 1.36 bits per heavy atom. The third-order valence-corrected chi connectivity index (χ3v) is 9.96. The third kappa shape index (κ3) is 5.47. The van der Waals surface area contributed by atoms with Crippen LogP contribution >= 0.6 is 0 Å². The average molecular weight is 639 g/mol. The molecule has 4 aromatic rings. The number of fused-ring (bicyclic) bond motifs is 2. The fraction of sp³-hybridized carbons (Fsp3) is 0.368. The Balaban J connectivity index is 1.51. The predicted molar refractivity (Wildman–Crippen MR) is 179 cm³/mol. The van der Waals surface area contributed by atoms with Gasteiger partial charge in [0, 0.05) is 47.9 Å². The molecule has 0 saturated carbocycles. The molecule has 4 bridgehead atoms. The van der Waals surface area contributed by atoms with E-state index in [1.807, 2.05) is 30.3 Å². The lowest BCUT2D eigenvalue weighted by Crippen LogP contribution is -2.34. The molecule has 1 N–H and O–H groups in total. The molecular weight excluding hydrogens is 596 g/mol. The molecule has 4 aliphatic rings. The van der Waals surface area contributed by atoms with Crippen LogP contribution in [-0.4, -0.2) is 70.5 Å². The lowest BCUT2D eigenvalue weighted by atomic mass is 9.86. The van der Waals surface area contributed by atoms with E-state index >= 15 is 0 Å². The van der Waals surface area contributed by atoms with E-state index < -0.39 is 0 Å². The zero-order chi connectivity index (χ0) is 32.8. The van der Waals surface area contributed by atoms with Gasteiger partial charge in [0.2, 0.25) is 11.5 Å². The normalized spacial score (nSPS) is 19.0. The molecule has 9 nitrogen and oxygen atoms in total. The Morgan fingerprint density at radius 1 is 0.681 bits per heavy atom. The van der Waals surface area contributed by atoms with Gasteiger partial charge in [0.15, 0.2) is 23.0 Å². The maximum Gasteiger partial charge on any atom is 0.208 e. The number of phenols is 1. The Labute approximate surface area is 276 Å². The van der Waals surface area contributed by atoms with Gasteiger partial charge in [0.1, 0.15) is 17.2 Å². The average Bonchev–Trinajstić information content (AvgIpc) is 3.08. The molecule has 0 unspecified atom stereocenters. The summed E-state index contributed by atoms with van der Waals surface area (Å²) in [5.74, 6) is 4.71. The second kappa shape index (κ2) is 12.5. The molecule has 4 heterocycles. The van der Waals surface area contributed by atoms with Crippen molar-refractivity contribution >= 4 is 0 Å². The van der Waals surface area contributed by atoms with Crippen molar-refractivity contribution in [2.45, 2.75) is 37.8 Å². The predicted octanol–water partition coefficient (Wildman–Crippen LogP) is 6.87. The van der Waals surface area contributed by atoms with Gasteiger partial charge < -0.3 is 33.5 Å². The Bertz CT molecular complexity index is 1810. The van der Waals surface area contributed by atoms with Gasteiger partial charge in [-0.25, -0.2) is 0 Å². The Kier molecular flexibility index (Phi) is 8.28. The number of benzene rings is 4. The maximum atomic E-state index is 11.6. The van der Waals surface area contributed by atoms with E-state index in [0.717, 1.165) is 59.7 Å². The molecule has 246 valence electrons. The summed E-state index contributed by atoms with van der Waals surface area (Å²) in [7, 11) is 10.7. The molecule has 0 saturated heterocycles. The van der Waals surface area contributed by atoms with Crippen molar-refractivity contribution in [3.05, 3.63) is 88.0 Å². The van der Waals surface area contributed by atoms with E-state index in [2.05, 4.69) is 48.2 Å². The highest BCUT2D eigenvalue weighted by atomic mass is 16.5. The first kappa shape index (κ1) is 31.0. The van der Waals surface area contributed by atoms with Crippen LogP contribution in [0, 0.1) is 0 Å². The molecule has 4 aliphatic heterocycles. The lowest BCUT2D eigenvalue weighted by molar-refractivity contribution is 0.213. The number of ether oxygens (including phenoxy) is 6.